The number of esters is 2. The van der Waals surface area contributed by atoms with Gasteiger partial charge in [-0.15, -0.1) is 0 Å². The van der Waals surface area contributed by atoms with Gasteiger partial charge in [-0.05, 0) is 79.1 Å². The molecule has 2 fully saturated rings. The monoisotopic (exact) mass is 888 g/mol. The molecule has 6 rings (SSSR count). The number of hydrogen-bond acceptors (Lipinski definition) is 8. The van der Waals surface area contributed by atoms with Crippen molar-refractivity contribution in [3.05, 3.63) is 129 Å². The summed E-state index contributed by atoms with van der Waals surface area (Å²) in [7, 11) is 2.47. The molecule has 0 radical (unpaired) electrons. The minimum absolute atomic E-state index is 0.0568. The number of carbonyl (C=O) groups excluding carboxylic acids is 4. The fraction of sp³-hybridized carbons (Fsp3) is 0.333. The second-order valence-corrected chi connectivity index (χ2v) is 13.7. The number of carbonyl (C=O) groups is 4. The van der Waals surface area contributed by atoms with Crippen molar-refractivity contribution in [3.8, 4) is 0 Å². The molecular formula is C42H45BrF4N4O8. The molecule has 0 unspecified atom stereocenters. The van der Waals surface area contributed by atoms with Crippen molar-refractivity contribution >= 4 is 51.3 Å². The van der Waals surface area contributed by atoms with Gasteiger partial charge in [0.2, 0.25) is 0 Å². The second kappa shape index (κ2) is 22.6. The number of methoxy groups -OCH3 is 2. The lowest BCUT2D eigenvalue weighted by Gasteiger charge is -2.33. The molecule has 0 aromatic heterocycles. The van der Waals surface area contributed by atoms with Crippen LogP contribution in [0.4, 0.5) is 38.5 Å². The van der Waals surface area contributed by atoms with Crippen LogP contribution in [0.1, 0.15) is 43.0 Å². The molecule has 2 saturated heterocycles. The average Bonchev–Trinajstić information content (AvgIpc) is 3.24. The summed E-state index contributed by atoms with van der Waals surface area (Å²) in [4.78, 5) is 51.8. The first kappa shape index (κ1) is 46.2. The first-order chi connectivity index (χ1) is 28.3. The molecule has 12 nitrogen and oxygen atoms in total. The number of ether oxygens (including phenoxy) is 4. The van der Waals surface area contributed by atoms with Crippen LogP contribution in [0.2, 0.25) is 0 Å². The summed E-state index contributed by atoms with van der Waals surface area (Å²) in [5.41, 5.74) is 2.76. The van der Waals surface area contributed by atoms with Crippen LogP contribution in [0.5, 0.6) is 0 Å². The highest BCUT2D eigenvalue weighted by atomic mass is 79.9. The molecule has 0 saturated carbocycles. The first-order valence-electron chi connectivity index (χ1n) is 18.4. The zero-order valence-corrected chi connectivity index (χ0v) is 34.6. The summed E-state index contributed by atoms with van der Waals surface area (Å²) in [6.07, 6.45) is 0. The van der Waals surface area contributed by atoms with E-state index in [1.807, 2.05) is 0 Å². The lowest BCUT2D eigenvalue weighted by molar-refractivity contribution is 0.0547. The summed E-state index contributed by atoms with van der Waals surface area (Å²) >= 11 is 3.13. The number of morpholine rings is 2. The third kappa shape index (κ3) is 13.2. The van der Waals surface area contributed by atoms with Crippen molar-refractivity contribution in [2.45, 2.75) is 25.7 Å². The maximum atomic E-state index is 14.7. The van der Waals surface area contributed by atoms with Crippen LogP contribution >= 0.6 is 15.9 Å². The van der Waals surface area contributed by atoms with Crippen molar-refractivity contribution in [3.63, 3.8) is 0 Å². The number of rotatable bonds is 7. The molecular weight excluding hydrogens is 844 g/mol. The molecule has 0 spiro atoms. The number of amides is 4. The molecule has 2 aliphatic heterocycles. The molecule has 2 heterocycles. The highest BCUT2D eigenvalue weighted by molar-refractivity contribution is 9.08. The van der Waals surface area contributed by atoms with Crippen LogP contribution in [0.3, 0.4) is 0 Å². The second-order valence-electron chi connectivity index (χ2n) is 13.2. The van der Waals surface area contributed by atoms with E-state index in [-0.39, 0.29) is 40.6 Å². The van der Waals surface area contributed by atoms with Crippen molar-refractivity contribution in [2.24, 2.45) is 0 Å². The highest BCUT2D eigenvalue weighted by Crippen LogP contribution is 2.26. The van der Waals surface area contributed by atoms with E-state index in [4.69, 9.17) is 9.47 Å². The first-order valence-corrected chi connectivity index (χ1v) is 19.5. The Balaban J connectivity index is 0.000000216. The third-order valence-corrected chi connectivity index (χ3v) is 9.60. The van der Waals surface area contributed by atoms with E-state index < -0.39 is 41.2 Å². The number of halogens is 5. The summed E-state index contributed by atoms with van der Waals surface area (Å²) in [6.45, 7) is 7.01. The maximum absolute atomic E-state index is 14.7. The smallest absolute Gasteiger partial charge is 0.337 e. The number of urea groups is 2. The number of nitrogens with zero attached hydrogens (tertiary/aromatic N) is 3. The molecule has 4 aromatic carbocycles. The Labute approximate surface area is 348 Å². The van der Waals surface area contributed by atoms with Crippen LogP contribution in [-0.2, 0) is 30.8 Å². The number of hydrogen-bond donors (Lipinski definition) is 1. The Morgan fingerprint density at radius 3 is 1.63 bits per heavy atom. The van der Waals surface area contributed by atoms with Gasteiger partial charge in [-0.1, -0.05) is 40.2 Å². The predicted molar refractivity (Wildman–Crippen MR) is 216 cm³/mol. The van der Waals surface area contributed by atoms with Crippen LogP contribution < -0.4 is 10.2 Å². The number of nitrogens with one attached hydrogen (secondary N) is 1. The Hall–Kier alpha value is -5.52. The fourth-order valence-corrected chi connectivity index (χ4v) is 6.14. The summed E-state index contributed by atoms with van der Waals surface area (Å²) in [5.74, 6) is -3.26. The van der Waals surface area contributed by atoms with Gasteiger partial charge in [0.05, 0.1) is 69.7 Å². The molecule has 4 amide bonds. The van der Waals surface area contributed by atoms with Gasteiger partial charge < -0.3 is 34.1 Å². The van der Waals surface area contributed by atoms with Gasteiger partial charge in [-0.2, -0.15) is 0 Å². The van der Waals surface area contributed by atoms with E-state index in [9.17, 15) is 36.7 Å². The predicted octanol–water partition coefficient (Wildman–Crippen LogP) is 8.02. The van der Waals surface area contributed by atoms with Crippen molar-refractivity contribution in [2.75, 3.05) is 77.0 Å². The van der Waals surface area contributed by atoms with E-state index in [0.717, 1.165) is 11.6 Å². The maximum Gasteiger partial charge on any atom is 0.337 e. The fourth-order valence-electron chi connectivity index (χ4n) is 5.69. The van der Waals surface area contributed by atoms with Gasteiger partial charge in [0, 0.05) is 37.1 Å². The topological polar surface area (TPSA) is 127 Å². The van der Waals surface area contributed by atoms with E-state index in [0.29, 0.717) is 69.1 Å². The number of aryl methyl sites for hydroxylation is 2. The summed E-state index contributed by atoms with van der Waals surface area (Å²) in [6, 6.07) is 16.6. The van der Waals surface area contributed by atoms with Gasteiger partial charge in [-0.25, -0.2) is 36.7 Å². The molecule has 4 aromatic rings. The van der Waals surface area contributed by atoms with Crippen LogP contribution in [0.25, 0.3) is 0 Å². The summed E-state index contributed by atoms with van der Waals surface area (Å²) in [5, 5.41) is 2.99. The summed E-state index contributed by atoms with van der Waals surface area (Å²) < 4.78 is 75.4. The van der Waals surface area contributed by atoms with Gasteiger partial charge in [0.1, 0.15) is 23.3 Å². The third-order valence-electron chi connectivity index (χ3n) is 8.99. The molecule has 59 heavy (non-hydrogen) atoms. The van der Waals surface area contributed by atoms with Crippen molar-refractivity contribution in [1.82, 2.24) is 9.80 Å². The molecule has 0 atom stereocenters. The lowest BCUT2D eigenvalue weighted by Crippen LogP contribution is -2.48. The standard InChI is InChI=1S/C21H22F2N2O4.C12H15FN2O2.C9H8BrFO2/c1-14-3-6-19(18(23)11-14)25(21(27)24-7-9-29-10-8-24)13-16-5-4-15(12-17(16)22)20(26)28-2;1-9-2-3-11(10(13)8-9)14-12(16)15-4-6-17-7-5-15;1-13-9(12)6-2-3-7(5-10)8(11)4-6/h3-6,11-12H,7-10,13H2,1-2H3;2-3,8H,4-7H2,1H3,(H,14,16);2-4H,5H2,1H3. The van der Waals surface area contributed by atoms with Crippen molar-refractivity contribution < 1.29 is 55.7 Å². The minimum atomic E-state index is -0.680. The van der Waals surface area contributed by atoms with Crippen LogP contribution in [-0.4, -0.2) is 101 Å². The molecule has 0 bridgehead atoms. The van der Waals surface area contributed by atoms with Gasteiger partial charge in [0.25, 0.3) is 0 Å². The van der Waals surface area contributed by atoms with Gasteiger partial charge in [0.15, 0.2) is 0 Å². The van der Waals surface area contributed by atoms with Crippen molar-refractivity contribution in [1.29, 1.82) is 0 Å². The largest absolute Gasteiger partial charge is 0.465 e. The SMILES string of the molecule is COC(=O)c1ccc(CBr)c(F)c1.COC(=O)c1ccc(CN(C(=O)N2CCOCC2)c2ccc(C)cc2F)c(F)c1.Cc1ccc(NC(=O)N2CCOCC2)c(F)c1. The molecule has 1 N–H and O–H groups in total. The van der Waals surface area contributed by atoms with Crippen LogP contribution in [0.15, 0.2) is 72.8 Å². The molecule has 2 aliphatic rings. The van der Waals surface area contributed by atoms with Crippen LogP contribution in [0, 0.1) is 37.1 Å². The molecule has 17 heteroatoms. The Morgan fingerprint density at radius 1 is 0.661 bits per heavy atom. The van der Waals surface area contributed by atoms with Gasteiger partial charge in [-0.3, -0.25) is 4.90 Å². The number of benzene rings is 4. The normalized spacial score (nSPS) is 13.5. The quantitative estimate of drug-likeness (QED) is 0.112. The number of alkyl halides is 1. The Morgan fingerprint density at radius 2 is 1.15 bits per heavy atom. The zero-order chi connectivity index (χ0) is 43.1. The highest BCUT2D eigenvalue weighted by Gasteiger charge is 2.27. The minimum Gasteiger partial charge on any atom is -0.465 e. The van der Waals surface area contributed by atoms with E-state index in [1.165, 1.54) is 61.6 Å². The van der Waals surface area contributed by atoms with E-state index >= 15 is 0 Å². The molecule has 0 aliphatic carbocycles. The Bertz CT molecular complexity index is 2100. The van der Waals surface area contributed by atoms with E-state index in [2.05, 4.69) is 30.7 Å². The molecule has 316 valence electrons. The average molecular weight is 890 g/mol. The zero-order valence-electron chi connectivity index (χ0n) is 33.0. The lowest BCUT2D eigenvalue weighted by atomic mass is 10.1. The van der Waals surface area contributed by atoms with E-state index in [1.54, 1.807) is 47.9 Å². The van der Waals surface area contributed by atoms with Gasteiger partial charge >= 0.3 is 24.0 Å². The number of anilines is 2. The Kier molecular flexibility index (Phi) is 17.7.